The molecular formula is C27H31N5O2. The zero-order valence-electron chi connectivity index (χ0n) is 19.7. The number of hydrogen-bond donors (Lipinski definition) is 2. The number of nitrogens with two attached hydrogens (primary N) is 1. The van der Waals surface area contributed by atoms with Gasteiger partial charge in [-0.3, -0.25) is 4.79 Å². The second kappa shape index (κ2) is 9.95. The predicted molar refractivity (Wildman–Crippen MR) is 136 cm³/mol. The van der Waals surface area contributed by atoms with Gasteiger partial charge in [-0.1, -0.05) is 50.8 Å². The molecule has 3 N–H and O–H groups in total. The zero-order chi connectivity index (χ0) is 24.1. The van der Waals surface area contributed by atoms with Crippen molar-refractivity contribution < 1.29 is 9.53 Å². The average molecular weight is 458 g/mol. The Morgan fingerprint density at radius 2 is 1.88 bits per heavy atom. The van der Waals surface area contributed by atoms with Crippen molar-refractivity contribution in [3.8, 4) is 22.6 Å². The van der Waals surface area contributed by atoms with Gasteiger partial charge in [0, 0.05) is 19.6 Å². The summed E-state index contributed by atoms with van der Waals surface area (Å²) >= 11 is 0. The van der Waals surface area contributed by atoms with Crippen molar-refractivity contribution in [1.29, 1.82) is 0 Å². The van der Waals surface area contributed by atoms with Crippen LogP contribution in [0.2, 0.25) is 0 Å². The van der Waals surface area contributed by atoms with Crippen LogP contribution in [0.5, 0.6) is 11.5 Å². The number of nitrogens with one attached hydrogen (secondary N) is 1. The van der Waals surface area contributed by atoms with Gasteiger partial charge in [0.05, 0.1) is 5.56 Å². The third kappa shape index (κ3) is 5.20. The quantitative estimate of drug-likeness (QED) is 0.486. The SMILES string of the molecule is C=CC(=O)N1CCC(CNc2ncnc(N)c2-c2ccc(Oc3ccccc3)cc2)C(C)(C)C1. The number of nitrogen functional groups attached to an aromatic ring is 1. The molecule has 176 valence electrons. The van der Waals surface area contributed by atoms with Crippen LogP contribution in [0.15, 0.2) is 73.6 Å². The highest BCUT2D eigenvalue weighted by Gasteiger charge is 2.37. The lowest BCUT2D eigenvalue weighted by atomic mass is 9.73. The molecule has 0 aliphatic carbocycles. The molecule has 7 nitrogen and oxygen atoms in total. The van der Waals surface area contributed by atoms with Gasteiger partial charge < -0.3 is 20.7 Å². The summed E-state index contributed by atoms with van der Waals surface area (Å²) in [6.45, 7) is 10.2. The molecule has 0 radical (unpaired) electrons. The lowest BCUT2D eigenvalue weighted by molar-refractivity contribution is -0.130. The molecule has 1 atom stereocenters. The van der Waals surface area contributed by atoms with Crippen molar-refractivity contribution in [2.75, 3.05) is 30.7 Å². The van der Waals surface area contributed by atoms with Crippen molar-refractivity contribution in [2.45, 2.75) is 20.3 Å². The summed E-state index contributed by atoms with van der Waals surface area (Å²) in [4.78, 5) is 22.6. The zero-order valence-corrected chi connectivity index (χ0v) is 19.7. The third-order valence-electron chi connectivity index (χ3n) is 6.45. The highest BCUT2D eigenvalue weighted by molar-refractivity contribution is 5.87. The monoisotopic (exact) mass is 457 g/mol. The Bertz CT molecular complexity index is 1150. The van der Waals surface area contributed by atoms with Crippen molar-refractivity contribution in [3.63, 3.8) is 0 Å². The largest absolute Gasteiger partial charge is 0.457 e. The predicted octanol–water partition coefficient (Wildman–Crippen LogP) is 4.99. The first-order valence-electron chi connectivity index (χ1n) is 11.5. The minimum Gasteiger partial charge on any atom is -0.457 e. The van der Waals surface area contributed by atoms with Gasteiger partial charge in [0.2, 0.25) is 5.91 Å². The van der Waals surface area contributed by atoms with Gasteiger partial charge in [-0.2, -0.15) is 0 Å². The van der Waals surface area contributed by atoms with Crippen LogP contribution >= 0.6 is 0 Å². The van der Waals surface area contributed by atoms with Gasteiger partial charge in [0.25, 0.3) is 0 Å². The van der Waals surface area contributed by atoms with E-state index in [0.29, 0.717) is 24.1 Å². The number of para-hydroxylation sites is 1. The fourth-order valence-corrected chi connectivity index (χ4v) is 4.45. The maximum atomic E-state index is 12.1. The van der Waals surface area contributed by atoms with Gasteiger partial charge in [-0.15, -0.1) is 0 Å². The Morgan fingerprint density at radius 3 is 2.56 bits per heavy atom. The lowest BCUT2D eigenvalue weighted by Gasteiger charge is -2.44. The summed E-state index contributed by atoms with van der Waals surface area (Å²) in [5.41, 5.74) is 7.90. The van der Waals surface area contributed by atoms with E-state index in [4.69, 9.17) is 10.5 Å². The minimum absolute atomic E-state index is 0.00923. The molecule has 1 aliphatic rings. The minimum atomic E-state index is -0.0426. The number of carbonyl (C=O) groups excluding carboxylic acids is 1. The number of hydrogen-bond acceptors (Lipinski definition) is 6. The Hall–Kier alpha value is -3.87. The highest BCUT2D eigenvalue weighted by atomic mass is 16.5. The van der Waals surface area contributed by atoms with Crippen LogP contribution in [0.3, 0.4) is 0 Å². The van der Waals surface area contributed by atoms with Gasteiger partial charge >= 0.3 is 0 Å². The normalized spacial score (nSPS) is 17.1. The second-order valence-electron chi connectivity index (χ2n) is 9.24. The van der Waals surface area contributed by atoms with E-state index in [2.05, 4.69) is 35.7 Å². The lowest BCUT2D eigenvalue weighted by Crippen LogP contribution is -2.49. The molecule has 2 aromatic carbocycles. The summed E-state index contributed by atoms with van der Waals surface area (Å²) in [7, 11) is 0. The summed E-state index contributed by atoms with van der Waals surface area (Å²) in [6.07, 6.45) is 3.77. The number of nitrogens with zero attached hydrogens (tertiary/aromatic N) is 3. The number of carbonyl (C=O) groups is 1. The maximum Gasteiger partial charge on any atom is 0.245 e. The van der Waals surface area contributed by atoms with E-state index < -0.39 is 0 Å². The summed E-state index contributed by atoms with van der Waals surface area (Å²) in [5, 5.41) is 3.50. The Balaban J connectivity index is 1.48. The second-order valence-corrected chi connectivity index (χ2v) is 9.24. The molecule has 4 rings (SSSR count). The smallest absolute Gasteiger partial charge is 0.245 e. The van der Waals surface area contributed by atoms with Crippen LogP contribution in [-0.2, 0) is 4.79 Å². The average Bonchev–Trinajstić information content (AvgIpc) is 2.83. The van der Waals surface area contributed by atoms with Crippen LogP contribution < -0.4 is 15.8 Å². The van der Waals surface area contributed by atoms with Crippen LogP contribution in [-0.4, -0.2) is 40.4 Å². The number of aromatic nitrogens is 2. The first kappa shape index (κ1) is 23.3. The number of rotatable bonds is 7. The summed E-state index contributed by atoms with van der Waals surface area (Å²) < 4.78 is 5.90. The van der Waals surface area contributed by atoms with E-state index in [1.165, 1.54) is 12.4 Å². The molecule has 0 saturated carbocycles. The molecule has 34 heavy (non-hydrogen) atoms. The molecule has 1 amide bonds. The number of likely N-dealkylation sites (tertiary alicyclic amines) is 1. The topological polar surface area (TPSA) is 93.4 Å². The molecule has 0 bridgehead atoms. The molecule has 1 unspecified atom stereocenters. The van der Waals surface area contributed by atoms with Gasteiger partial charge in [-0.25, -0.2) is 9.97 Å². The highest BCUT2D eigenvalue weighted by Crippen LogP contribution is 2.37. The Kier molecular flexibility index (Phi) is 6.82. The molecule has 3 aromatic rings. The van der Waals surface area contributed by atoms with E-state index in [-0.39, 0.29) is 11.3 Å². The van der Waals surface area contributed by atoms with E-state index in [1.54, 1.807) is 0 Å². The summed E-state index contributed by atoms with van der Waals surface area (Å²) in [5.74, 6) is 2.99. The molecular weight excluding hydrogens is 426 g/mol. The standard InChI is InChI=1S/C27H31N5O2/c1-4-23(33)32-15-14-20(27(2,3)17-32)16-29-26-24(25(28)30-18-31-26)19-10-12-22(13-11-19)34-21-8-6-5-7-9-21/h4-13,18,20H,1,14-17H2,2-3H3,(H3,28,29,30,31). The Labute approximate surface area is 200 Å². The number of amides is 1. The fourth-order valence-electron chi connectivity index (χ4n) is 4.45. The van der Waals surface area contributed by atoms with E-state index in [1.807, 2.05) is 59.5 Å². The van der Waals surface area contributed by atoms with Crippen LogP contribution in [0.1, 0.15) is 20.3 Å². The van der Waals surface area contributed by atoms with Crippen LogP contribution in [0.4, 0.5) is 11.6 Å². The van der Waals surface area contributed by atoms with Crippen molar-refractivity contribution in [3.05, 3.63) is 73.6 Å². The van der Waals surface area contributed by atoms with Crippen molar-refractivity contribution in [1.82, 2.24) is 14.9 Å². The number of benzene rings is 2. The number of piperidine rings is 1. The van der Waals surface area contributed by atoms with Crippen molar-refractivity contribution in [2.24, 2.45) is 11.3 Å². The fraction of sp³-hybridized carbons (Fsp3) is 0.296. The van der Waals surface area contributed by atoms with Gasteiger partial charge in [-0.05, 0) is 53.7 Å². The Morgan fingerprint density at radius 1 is 1.18 bits per heavy atom. The molecule has 1 aliphatic heterocycles. The maximum absolute atomic E-state index is 12.1. The molecule has 2 heterocycles. The third-order valence-corrected chi connectivity index (χ3v) is 6.45. The number of ether oxygens (including phenoxy) is 1. The van der Waals surface area contributed by atoms with E-state index >= 15 is 0 Å². The summed E-state index contributed by atoms with van der Waals surface area (Å²) in [6, 6.07) is 17.4. The molecule has 1 saturated heterocycles. The van der Waals surface area contributed by atoms with Gasteiger partial charge in [0.1, 0.15) is 29.5 Å². The first-order chi connectivity index (χ1) is 16.4. The van der Waals surface area contributed by atoms with Gasteiger partial charge in [0.15, 0.2) is 0 Å². The first-order valence-corrected chi connectivity index (χ1v) is 11.5. The number of anilines is 2. The molecule has 1 aromatic heterocycles. The molecule has 0 spiro atoms. The van der Waals surface area contributed by atoms with E-state index in [9.17, 15) is 4.79 Å². The van der Waals surface area contributed by atoms with Crippen LogP contribution in [0, 0.1) is 11.3 Å². The van der Waals surface area contributed by atoms with Crippen molar-refractivity contribution >= 4 is 17.5 Å². The molecule has 7 heteroatoms. The molecule has 1 fully saturated rings. The van der Waals surface area contributed by atoms with E-state index in [0.717, 1.165) is 42.1 Å². The van der Waals surface area contributed by atoms with Crippen LogP contribution in [0.25, 0.3) is 11.1 Å².